The average Bonchev–Trinajstić information content (AvgIpc) is 3.39. The highest BCUT2D eigenvalue weighted by atomic mass is 28.3. The van der Waals surface area contributed by atoms with Crippen molar-refractivity contribution >= 4 is 34.8 Å². The fourth-order valence-corrected chi connectivity index (χ4v) is 8.57. The maximum absolute atomic E-state index is 5.13. The molecule has 0 spiro atoms. The highest BCUT2D eigenvalue weighted by Gasteiger charge is 2.37. The van der Waals surface area contributed by atoms with Gasteiger partial charge in [0.15, 0.2) is 17.5 Å². The molecule has 0 aliphatic heterocycles. The minimum Gasteiger partial charge on any atom is -0.254 e. The van der Waals surface area contributed by atoms with Crippen LogP contribution in [0.15, 0.2) is 134 Å². The monoisotopic (exact) mass is 675 g/mol. The third kappa shape index (κ3) is 5.34. The van der Waals surface area contributed by atoms with Crippen LogP contribution in [0.1, 0.15) is 25.0 Å². The van der Waals surface area contributed by atoms with Crippen molar-refractivity contribution in [2.24, 2.45) is 0 Å². The Bertz CT molecular complexity index is 2660. The maximum atomic E-state index is 5.13. The van der Waals surface area contributed by atoms with Crippen LogP contribution < -0.4 is 5.19 Å². The van der Waals surface area contributed by atoms with Crippen LogP contribution in [0.5, 0.6) is 0 Å². The summed E-state index contributed by atoms with van der Waals surface area (Å²) in [5, 5.41) is 6.24. The minimum atomic E-state index is -1.46. The first kappa shape index (κ1) is 31.2. The Balaban J connectivity index is 1.17. The van der Waals surface area contributed by atoms with Gasteiger partial charge in [-0.25, -0.2) is 15.0 Å². The number of nitrogens with zero attached hydrogens (tertiary/aromatic N) is 5. The first-order valence-electron chi connectivity index (χ1n) is 17.5. The van der Waals surface area contributed by atoms with Gasteiger partial charge < -0.3 is 0 Å². The van der Waals surface area contributed by atoms with Gasteiger partial charge in [0.25, 0.3) is 0 Å². The molecule has 6 heteroatoms. The molecule has 0 atom stereocenters. The number of aromatic nitrogens is 5. The summed E-state index contributed by atoms with van der Waals surface area (Å²) in [4.78, 5) is 25.0. The summed E-state index contributed by atoms with van der Waals surface area (Å²) >= 11 is 0. The summed E-state index contributed by atoms with van der Waals surface area (Å²) < 4.78 is 0. The van der Waals surface area contributed by atoms with Crippen molar-refractivity contribution in [3.63, 3.8) is 0 Å². The molecule has 0 saturated carbocycles. The smallest absolute Gasteiger partial charge is 0.164 e. The molecule has 0 bridgehead atoms. The molecule has 0 N–H and O–H groups in total. The van der Waals surface area contributed by atoms with E-state index >= 15 is 0 Å². The van der Waals surface area contributed by atoms with Crippen LogP contribution >= 0.6 is 0 Å². The highest BCUT2D eigenvalue weighted by molar-refractivity contribution is 6.88. The standard InChI is InChI=1S/C45H37N5Si/c1-45(2)38-14-9-23-46-40(38)41-39(45)26-34(27-47-41)30-11-8-12-32(24-30)43-48-42(29-17-20-35(21-18-29)51(3,4)5)49-44(50-43)33-19-22-37-31(25-33)16-15-28-10-6-7-13-36(28)37/h6-27H,1-5H3. The predicted molar refractivity (Wildman–Crippen MR) is 213 cm³/mol. The van der Waals surface area contributed by atoms with Gasteiger partial charge in [0.1, 0.15) is 0 Å². The molecule has 51 heavy (non-hydrogen) atoms. The van der Waals surface area contributed by atoms with Gasteiger partial charge in [-0.15, -0.1) is 0 Å². The van der Waals surface area contributed by atoms with Crippen molar-refractivity contribution in [3.8, 4) is 56.7 Å². The molecule has 1 aliphatic rings. The van der Waals surface area contributed by atoms with Crippen LogP contribution in [0.25, 0.3) is 78.2 Å². The van der Waals surface area contributed by atoms with Crippen molar-refractivity contribution < 1.29 is 0 Å². The Morgan fingerprint density at radius 3 is 1.90 bits per heavy atom. The molecule has 0 unspecified atom stereocenters. The predicted octanol–water partition coefficient (Wildman–Crippen LogP) is 10.5. The van der Waals surface area contributed by atoms with Crippen LogP contribution in [0.3, 0.4) is 0 Å². The lowest BCUT2D eigenvalue weighted by atomic mass is 9.82. The molecule has 5 nitrogen and oxygen atoms in total. The molecule has 9 rings (SSSR count). The molecule has 8 aromatic rings. The van der Waals surface area contributed by atoms with Gasteiger partial charge in [-0.1, -0.05) is 136 Å². The Hall–Kier alpha value is -5.85. The molecular formula is C45H37N5Si. The Morgan fingerprint density at radius 2 is 1.12 bits per heavy atom. The van der Waals surface area contributed by atoms with Crippen LogP contribution in [-0.2, 0) is 5.41 Å². The number of benzene rings is 5. The normalized spacial score (nSPS) is 13.4. The summed E-state index contributed by atoms with van der Waals surface area (Å²) in [7, 11) is -1.46. The van der Waals surface area contributed by atoms with E-state index in [0.717, 1.165) is 44.6 Å². The van der Waals surface area contributed by atoms with Crippen molar-refractivity contribution in [2.45, 2.75) is 38.9 Å². The summed E-state index contributed by atoms with van der Waals surface area (Å²) in [6, 6.07) is 43.1. The molecule has 0 fully saturated rings. The second kappa shape index (κ2) is 11.6. The summed E-state index contributed by atoms with van der Waals surface area (Å²) in [6.07, 6.45) is 3.81. The largest absolute Gasteiger partial charge is 0.254 e. The van der Waals surface area contributed by atoms with E-state index in [1.807, 2.05) is 18.5 Å². The molecule has 0 amide bonds. The fraction of sp³-hybridized carbons (Fsp3) is 0.133. The molecule has 3 heterocycles. The lowest BCUT2D eigenvalue weighted by Gasteiger charge is -2.21. The van der Waals surface area contributed by atoms with Crippen LogP contribution in [0, 0.1) is 0 Å². The van der Waals surface area contributed by atoms with Gasteiger partial charge >= 0.3 is 0 Å². The van der Waals surface area contributed by atoms with E-state index < -0.39 is 8.07 Å². The minimum absolute atomic E-state index is 0.186. The summed E-state index contributed by atoms with van der Waals surface area (Å²) in [5.74, 6) is 1.94. The molecule has 3 aromatic heterocycles. The van der Waals surface area contributed by atoms with E-state index in [9.17, 15) is 0 Å². The van der Waals surface area contributed by atoms with Crippen LogP contribution in [0.2, 0.25) is 19.6 Å². The second-order valence-electron chi connectivity index (χ2n) is 15.1. The second-order valence-corrected chi connectivity index (χ2v) is 20.2. The van der Waals surface area contributed by atoms with E-state index in [1.54, 1.807) is 0 Å². The van der Waals surface area contributed by atoms with E-state index in [0.29, 0.717) is 17.5 Å². The zero-order valence-corrected chi connectivity index (χ0v) is 30.4. The van der Waals surface area contributed by atoms with Gasteiger partial charge in [0.2, 0.25) is 0 Å². The van der Waals surface area contributed by atoms with Crippen LogP contribution in [0.4, 0.5) is 0 Å². The molecule has 5 aromatic carbocycles. The third-order valence-corrected chi connectivity index (χ3v) is 12.4. The lowest BCUT2D eigenvalue weighted by molar-refractivity contribution is 0.658. The summed E-state index contributed by atoms with van der Waals surface area (Å²) in [6.45, 7) is 11.6. The number of hydrogen-bond acceptors (Lipinski definition) is 5. The third-order valence-electron chi connectivity index (χ3n) is 10.4. The first-order valence-corrected chi connectivity index (χ1v) is 21.0. The molecule has 0 saturated heterocycles. The van der Waals surface area contributed by atoms with Crippen molar-refractivity contribution in [2.75, 3.05) is 0 Å². The Kier molecular flexibility index (Phi) is 7.09. The molecule has 246 valence electrons. The number of pyridine rings is 2. The first-order chi connectivity index (χ1) is 24.6. The molecule has 0 radical (unpaired) electrons. The van der Waals surface area contributed by atoms with Gasteiger partial charge in [-0.05, 0) is 62.5 Å². The quantitative estimate of drug-likeness (QED) is 0.134. The van der Waals surface area contributed by atoms with Crippen LogP contribution in [-0.4, -0.2) is 33.0 Å². The van der Waals surface area contributed by atoms with E-state index in [4.69, 9.17) is 19.9 Å². The fourth-order valence-electron chi connectivity index (χ4n) is 7.40. The van der Waals surface area contributed by atoms with E-state index in [2.05, 4.69) is 154 Å². The number of hydrogen-bond donors (Lipinski definition) is 0. The number of fused-ring (bicyclic) bond motifs is 6. The summed E-state index contributed by atoms with van der Waals surface area (Å²) in [5.41, 5.74) is 9.12. The van der Waals surface area contributed by atoms with Gasteiger partial charge in [-0.2, -0.15) is 0 Å². The Labute approximate surface area is 299 Å². The average molecular weight is 676 g/mol. The zero-order valence-electron chi connectivity index (χ0n) is 29.4. The number of rotatable bonds is 5. The van der Waals surface area contributed by atoms with E-state index in [-0.39, 0.29) is 5.41 Å². The highest BCUT2D eigenvalue weighted by Crippen LogP contribution is 2.47. The van der Waals surface area contributed by atoms with Gasteiger partial charge in [0.05, 0.1) is 19.5 Å². The lowest BCUT2D eigenvalue weighted by Crippen LogP contribution is -2.37. The zero-order chi connectivity index (χ0) is 34.9. The van der Waals surface area contributed by atoms with Crippen molar-refractivity contribution in [3.05, 3.63) is 145 Å². The van der Waals surface area contributed by atoms with E-state index in [1.165, 1.54) is 32.5 Å². The van der Waals surface area contributed by atoms with Gasteiger partial charge in [-0.3, -0.25) is 9.97 Å². The topological polar surface area (TPSA) is 64.5 Å². The molecular weight excluding hydrogens is 639 g/mol. The Morgan fingerprint density at radius 1 is 0.471 bits per heavy atom. The SMILES string of the molecule is CC1(C)c2cccnc2-c2ncc(-c3cccc(-c4nc(-c5ccc([Si](C)(C)C)cc5)nc(-c5ccc6c(ccc7ccccc76)c5)n4)c3)cc21. The van der Waals surface area contributed by atoms with Crippen molar-refractivity contribution in [1.29, 1.82) is 0 Å². The maximum Gasteiger partial charge on any atom is 0.164 e. The van der Waals surface area contributed by atoms with Crippen molar-refractivity contribution in [1.82, 2.24) is 24.9 Å². The molecule has 1 aliphatic carbocycles. The van der Waals surface area contributed by atoms with Gasteiger partial charge in [0, 0.05) is 40.1 Å².